The van der Waals surface area contributed by atoms with Crippen molar-refractivity contribution >= 4 is 23.2 Å². The topological polar surface area (TPSA) is 97.6 Å². The molecule has 0 aliphatic heterocycles. The quantitative estimate of drug-likeness (QED) is 0.249. The van der Waals surface area contributed by atoms with Gasteiger partial charge in [0, 0.05) is 12.7 Å². The molecule has 2 N–H and O–H groups in total. The molecular weight excluding hydrogens is 465 g/mol. The lowest BCUT2D eigenvalue weighted by atomic mass is 10.1. The zero-order valence-corrected chi connectivity index (χ0v) is 20.8. The molecule has 33 heavy (non-hydrogen) atoms. The number of unbranched alkanes of at least 4 members (excludes halogenated alkanes) is 9. The smallest absolute Gasteiger partial charge is 0.227 e. The van der Waals surface area contributed by atoms with E-state index in [0.717, 1.165) is 12.8 Å². The number of rotatable bonds is 17. The van der Waals surface area contributed by atoms with Crippen LogP contribution in [0.4, 0.5) is 0 Å². The lowest BCUT2D eigenvalue weighted by Gasteiger charge is -2.13. The van der Waals surface area contributed by atoms with Crippen LogP contribution in [0.25, 0.3) is 11.4 Å². The minimum Gasteiger partial charge on any atom is -0.507 e. The minimum atomic E-state index is -0.754. The molecule has 184 valence electrons. The van der Waals surface area contributed by atoms with Gasteiger partial charge in [-0.2, -0.15) is 15.0 Å². The van der Waals surface area contributed by atoms with E-state index in [9.17, 15) is 10.2 Å². The predicted octanol–water partition coefficient (Wildman–Crippen LogP) is 6.23. The van der Waals surface area contributed by atoms with Gasteiger partial charge in [0.05, 0.1) is 12.2 Å². The Hall–Kier alpha value is -1.67. The van der Waals surface area contributed by atoms with E-state index in [-0.39, 0.29) is 35.4 Å². The summed E-state index contributed by atoms with van der Waals surface area (Å²) in [6.07, 6.45) is 12.0. The van der Waals surface area contributed by atoms with Crippen molar-refractivity contribution in [2.24, 2.45) is 0 Å². The zero-order chi connectivity index (χ0) is 23.9. The fourth-order valence-corrected chi connectivity index (χ4v) is 3.75. The molecule has 0 aliphatic rings. The molecule has 0 radical (unpaired) electrons. The number of aliphatic hydroxyl groups is 1. The van der Waals surface area contributed by atoms with Crippen molar-refractivity contribution in [1.82, 2.24) is 15.0 Å². The normalized spacial score (nSPS) is 12.1. The molecule has 0 amide bonds. The first-order valence-electron chi connectivity index (χ1n) is 11.8. The van der Waals surface area contributed by atoms with Gasteiger partial charge >= 0.3 is 0 Å². The lowest BCUT2D eigenvalue weighted by molar-refractivity contribution is 0.0109. The average molecular weight is 500 g/mol. The lowest BCUT2D eigenvalue weighted by Crippen LogP contribution is -2.23. The summed E-state index contributed by atoms with van der Waals surface area (Å²) in [5, 5.41) is 20.2. The van der Waals surface area contributed by atoms with Crippen LogP contribution < -0.4 is 4.74 Å². The fraction of sp³-hybridized carbons (Fsp3) is 0.625. The third-order valence-corrected chi connectivity index (χ3v) is 5.52. The highest BCUT2D eigenvalue weighted by Crippen LogP contribution is 2.31. The van der Waals surface area contributed by atoms with E-state index in [1.165, 1.54) is 57.4 Å². The van der Waals surface area contributed by atoms with Crippen molar-refractivity contribution < 1.29 is 19.7 Å². The predicted molar refractivity (Wildman–Crippen MR) is 131 cm³/mol. The van der Waals surface area contributed by atoms with E-state index in [4.69, 9.17) is 32.7 Å². The molecule has 1 aromatic carbocycles. The summed E-state index contributed by atoms with van der Waals surface area (Å²) in [4.78, 5) is 11.6. The molecular formula is C24H35Cl2N3O4. The Kier molecular flexibility index (Phi) is 13.4. The largest absolute Gasteiger partial charge is 0.507 e. The molecule has 0 spiro atoms. The van der Waals surface area contributed by atoms with Gasteiger partial charge in [-0.3, -0.25) is 0 Å². The summed E-state index contributed by atoms with van der Waals surface area (Å²) in [5.74, 6) is 0.457. The number of phenols is 1. The molecule has 1 unspecified atom stereocenters. The van der Waals surface area contributed by atoms with Gasteiger partial charge in [0.15, 0.2) is 5.82 Å². The van der Waals surface area contributed by atoms with Crippen LogP contribution in [-0.4, -0.2) is 51.1 Å². The van der Waals surface area contributed by atoms with Gasteiger partial charge in [0.1, 0.15) is 24.2 Å². The van der Waals surface area contributed by atoms with Crippen LogP contribution in [0, 0.1) is 0 Å². The summed E-state index contributed by atoms with van der Waals surface area (Å²) in [6.45, 7) is 3.15. The first kappa shape index (κ1) is 27.6. The summed E-state index contributed by atoms with van der Waals surface area (Å²) in [7, 11) is 0. The molecule has 7 nitrogen and oxygen atoms in total. The van der Waals surface area contributed by atoms with E-state index < -0.39 is 6.10 Å². The Balaban J connectivity index is 1.57. The van der Waals surface area contributed by atoms with Gasteiger partial charge in [-0.25, -0.2) is 0 Å². The molecule has 0 bridgehead atoms. The Bertz CT molecular complexity index is 806. The number of aromatic nitrogens is 3. The second-order valence-electron chi connectivity index (χ2n) is 8.10. The molecule has 0 saturated carbocycles. The fourth-order valence-electron chi connectivity index (χ4n) is 3.39. The van der Waals surface area contributed by atoms with Gasteiger partial charge in [-0.15, -0.1) is 0 Å². The van der Waals surface area contributed by atoms with Crippen LogP contribution in [0.1, 0.15) is 71.1 Å². The monoisotopic (exact) mass is 499 g/mol. The van der Waals surface area contributed by atoms with Crippen LogP contribution >= 0.6 is 23.2 Å². The van der Waals surface area contributed by atoms with Crippen molar-refractivity contribution in [1.29, 1.82) is 0 Å². The highest BCUT2D eigenvalue weighted by molar-refractivity contribution is 6.31. The molecule has 0 fully saturated rings. The Morgan fingerprint density at radius 1 is 0.848 bits per heavy atom. The van der Waals surface area contributed by atoms with Gasteiger partial charge in [-0.1, -0.05) is 64.7 Å². The van der Waals surface area contributed by atoms with Gasteiger partial charge < -0.3 is 19.7 Å². The third-order valence-electron chi connectivity index (χ3n) is 5.19. The number of hydrogen-bond donors (Lipinski definition) is 2. The van der Waals surface area contributed by atoms with Crippen LogP contribution in [-0.2, 0) is 4.74 Å². The molecule has 2 aromatic rings. The standard InChI is InChI=1S/C24H35Cl2N3O4/c1-2-3-4-5-6-7-8-9-10-11-14-32-16-18(30)17-33-19-12-13-20(21(31)15-19)22-27-23(25)29-24(26)28-22/h12-13,15,18,30-31H,2-11,14,16-17H2,1H3. The average Bonchev–Trinajstić information content (AvgIpc) is 2.77. The Labute approximate surface area is 206 Å². The number of halogens is 2. The maximum Gasteiger partial charge on any atom is 0.227 e. The Morgan fingerprint density at radius 2 is 1.45 bits per heavy atom. The summed E-state index contributed by atoms with van der Waals surface area (Å²) < 4.78 is 11.1. The molecule has 2 rings (SSSR count). The van der Waals surface area contributed by atoms with Crippen molar-refractivity contribution in [2.75, 3.05) is 19.8 Å². The SMILES string of the molecule is CCCCCCCCCCCCOCC(O)COc1ccc(-c2nc(Cl)nc(Cl)n2)c(O)c1. The van der Waals surface area contributed by atoms with Crippen LogP contribution in [0.5, 0.6) is 11.5 Å². The van der Waals surface area contributed by atoms with E-state index in [2.05, 4.69) is 21.9 Å². The zero-order valence-electron chi connectivity index (χ0n) is 19.3. The van der Waals surface area contributed by atoms with Crippen molar-refractivity contribution in [3.8, 4) is 22.9 Å². The van der Waals surface area contributed by atoms with Gasteiger partial charge in [0.2, 0.25) is 10.6 Å². The molecule has 1 aromatic heterocycles. The van der Waals surface area contributed by atoms with E-state index in [0.29, 0.717) is 17.9 Å². The van der Waals surface area contributed by atoms with Crippen LogP contribution in [0.2, 0.25) is 10.6 Å². The van der Waals surface area contributed by atoms with Crippen molar-refractivity contribution in [3.05, 3.63) is 28.8 Å². The Morgan fingerprint density at radius 3 is 2.06 bits per heavy atom. The van der Waals surface area contributed by atoms with Crippen molar-refractivity contribution in [2.45, 2.75) is 77.2 Å². The molecule has 9 heteroatoms. The number of aliphatic hydroxyl groups excluding tert-OH is 1. The molecule has 0 saturated heterocycles. The molecule has 0 aliphatic carbocycles. The van der Waals surface area contributed by atoms with Gasteiger partial charge in [-0.05, 0) is 41.8 Å². The number of aromatic hydroxyl groups is 1. The molecule has 1 atom stereocenters. The number of ether oxygens (including phenoxy) is 2. The third kappa shape index (κ3) is 11.3. The number of nitrogens with zero attached hydrogens (tertiary/aromatic N) is 3. The van der Waals surface area contributed by atoms with Gasteiger partial charge in [0.25, 0.3) is 0 Å². The minimum absolute atomic E-state index is 0.0558. The summed E-state index contributed by atoms with van der Waals surface area (Å²) >= 11 is 11.6. The number of hydrogen-bond acceptors (Lipinski definition) is 7. The first-order chi connectivity index (χ1) is 16.0. The molecule has 1 heterocycles. The van der Waals surface area contributed by atoms with E-state index >= 15 is 0 Å². The number of phenolic OH excluding ortho intramolecular Hbond substituents is 1. The van der Waals surface area contributed by atoms with Crippen LogP contribution in [0.3, 0.4) is 0 Å². The van der Waals surface area contributed by atoms with E-state index in [1.807, 2.05) is 0 Å². The highest BCUT2D eigenvalue weighted by atomic mass is 35.5. The second kappa shape index (κ2) is 16.0. The maximum atomic E-state index is 10.3. The first-order valence-corrected chi connectivity index (χ1v) is 12.5. The van der Waals surface area contributed by atoms with Crippen molar-refractivity contribution in [3.63, 3.8) is 0 Å². The summed E-state index contributed by atoms with van der Waals surface area (Å²) in [5.41, 5.74) is 0.342. The van der Waals surface area contributed by atoms with E-state index in [1.54, 1.807) is 12.1 Å². The maximum absolute atomic E-state index is 10.3. The number of benzene rings is 1. The highest BCUT2D eigenvalue weighted by Gasteiger charge is 2.13. The summed E-state index contributed by atoms with van der Waals surface area (Å²) in [6, 6.07) is 4.64. The second-order valence-corrected chi connectivity index (χ2v) is 8.77. The van der Waals surface area contributed by atoms with Crippen LogP contribution in [0.15, 0.2) is 18.2 Å².